The normalized spacial score (nSPS) is 10.5. The van der Waals surface area contributed by atoms with Crippen molar-refractivity contribution in [1.29, 1.82) is 0 Å². The van der Waals surface area contributed by atoms with Gasteiger partial charge in [0.1, 0.15) is 17.9 Å². The average Bonchev–Trinajstić information content (AvgIpc) is 2.69. The number of rotatable bonds is 8. The van der Waals surface area contributed by atoms with Crippen molar-refractivity contribution in [1.82, 2.24) is 14.9 Å². The number of aromatic amines is 1. The van der Waals surface area contributed by atoms with E-state index in [9.17, 15) is 24.0 Å². The molecule has 1 aromatic heterocycles. The van der Waals surface area contributed by atoms with Crippen molar-refractivity contribution in [2.75, 3.05) is 18.9 Å². The smallest absolute Gasteiger partial charge is 0.329 e. The van der Waals surface area contributed by atoms with Crippen molar-refractivity contribution < 1.29 is 19.1 Å². The molecule has 0 saturated heterocycles. The van der Waals surface area contributed by atoms with Crippen LogP contribution in [0.5, 0.6) is 0 Å². The van der Waals surface area contributed by atoms with Crippen molar-refractivity contribution >= 4 is 23.5 Å². The summed E-state index contributed by atoms with van der Waals surface area (Å²) in [5.41, 5.74) is 6.02. The zero-order valence-electron chi connectivity index (χ0n) is 17.0. The van der Waals surface area contributed by atoms with Crippen molar-refractivity contribution in [3.8, 4) is 0 Å². The third kappa shape index (κ3) is 5.22. The second-order valence-electron chi connectivity index (χ2n) is 6.74. The molecule has 1 heterocycles. The van der Waals surface area contributed by atoms with Gasteiger partial charge in [0.05, 0.1) is 0 Å². The van der Waals surface area contributed by atoms with Gasteiger partial charge in [-0.05, 0) is 43.5 Å². The number of aryl methyl sites for hydroxylation is 2. The van der Waals surface area contributed by atoms with Gasteiger partial charge in [0.2, 0.25) is 5.78 Å². The number of esters is 1. The lowest BCUT2D eigenvalue weighted by molar-refractivity contribution is -0.141. The number of nitrogens with zero attached hydrogens (tertiary/aromatic N) is 1. The van der Waals surface area contributed by atoms with E-state index in [4.69, 9.17) is 10.5 Å². The first-order valence-corrected chi connectivity index (χ1v) is 9.32. The fourth-order valence-electron chi connectivity index (χ4n) is 2.71. The second kappa shape index (κ2) is 9.68. The van der Waals surface area contributed by atoms with E-state index in [1.165, 1.54) is 0 Å². The van der Waals surface area contributed by atoms with Crippen LogP contribution in [-0.2, 0) is 16.1 Å². The van der Waals surface area contributed by atoms with Gasteiger partial charge in [0.15, 0.2) is 6.61 Å². The van der Waals surface area contributed by atoms with Crippen LogP contribution in [0.4, 0.5) is 5.82 Å². The predicted octanol–water partition coefficient (Wildman–Crippen LogP) is 0.302. The molecule has 2 rings (SSSR count). The van der Waals surface area contributed by atoms with Gasteiger partial charge in [-0.1, -0.05) is 13.0 Å². The molecular formula is C20H24N4O6. The molecule has 4 N–H and O–H groups in total. The molecule has 0 aliphatic heterocycles. The van der Waals surface area contributed by atoms with E-state index in [2.05, 4.69) is 5.32 Å². The highest BCUT2D eigenvalue weighted by molar-refractivity contribution is 6.01. The molecule has 10 nitrogen and oxygen atoms in total. The lowest BCUT2D eigenvalue weighted by atomic mass is 10.1. The monoisotopic (exact) mass is 416 g/mol. The summed E-state index contributed by atoms with van der Waals surface area (Å²) >= 11 is 0. The van der Waals surface area contributed by atoms with Crippen molar-refractivity contribution in [3.05, 3.63) is 61.3 Å². The summed E-state index contributed by atoms with van der Waals surface area (Å²) < 4.78 is 5.90. The standard InChI is InChI=1S/C20H24N4O6/c1-4-7-24-17(21)16(19(28)23-20(24)29)14(25)10-30-15(26)9-22-18(27)13-6-5-11(2)12(3)8-13/h5-6,8H,4,7,9-10,21H2,1-3H3,(H,22,27)(H,23,28,29). The van der Waals surface area contributed by atoms with Crippen LogP contribution in [0.2, 0.25) is 0 Å². The Morgan fingerprint density at radius 2 is 1.87 bits per heavy atom. The van der Waals surface area contributed by atoms with Crippen LogP contribution < -0.4 is 22.3 Å². The van der Waals surface area contributed by atoms with Gasteiger partial charge in [0, 0.05) is 12.1 Å². The molecule has 0 saturated carbocycles. The Labute approximate surface area is 172 Å². The summed E-state index contributed by atoms with van der Waals surface area (Å²) in [6.07, 6.45) is 0.555. The third-order valence-corrected chi connectivity index (χ3v) is 4.49. The van der Waals surface area contributed by atoms with Crippen molar-refractivity contribution in [3.63, 3.8) is 0 Å². The van der Waals surface area contributed by atoms with E-state index in [1.54, 1.807) is 25.1 Å². The molecule has 0 radical (unpaired) electrons. The lowest BCUT2D eigenvalue weighted by Crippen LogP contribution is -2.37. The highest BCUT2D eigenvalue weighted by Gasteiger charge is 2.20. The number of ether oxygens (including phenoxy) is 1. The first kappa shape index (κ1) is 22.6. The number of benzene rings is 1. The number of hydrogen-bond donors (Lipinski definition) is 3. The van der Waals surface area contributed by atoms with Crippen molar-refractivity contribution in [2.45, 2.75) is 33.7 Å². The largest absolute Gasteiger partial charge is 0.456 e. The van der Waals surface area contributed by atoms with Crippen molar-refractivity contribution in [2.24, 2.45) is 0 Å². The first-order valence-electron chi connectivity index (χ1n) is 9.32. The highest BCUT2D eigenvalue weighted by atomic mass is 16.5. The number of nitrogen functional groups attached to an aromatic ring is 1. The lowest BCUT2D eigenvalue weighted by Gasteiger charge is -2.11. The minimum Gasteiger partial charge on any atom is -0.456 e. The number of nitrogens with one attached hydrogen (secondary N) is 2. The summed E-state index contributed by atoms with van der Waals surface area (Å²) in [5.74, 6) is -2.46. The van der Waals surface area contributed by atoms with Crippen LogP contribution >= 0.6 is 0 Å². The number of hydrogen-bond acceptors (Lipinski definition) is 7. The molecule has 0 fully saturated rings. The van der Waals surface area contributed by atoms with Crippen LogP contribution in [-0.4, -0.2) is 40.4 Å². The number of amides is 1. The highest BCUT2D eigenvalue weighted by Crippen LogP contribution is 2.09. The summed E-state index contributed by atoms with van der Waals surface area (Å²) in [7, 11) is 0. The summed E-state index contributed by atoms with van der Waals surface area (Å²) in [5, 5.41) is 2.40. The van der Waals surface area contributed by atoms with Gasteiger partial charge in [-0.15, -0.1) is 0 Å². The molecule has 10 heteroatoms. The second-order valence-corrected chi connectivity index (χ2v) is 6.74. The van der Waals surface area contributed by atoms with Gasteiger partial charge < -0.3 is 15.8 Å². The molecule has 160 valence electrons. The van der Waals surface area contributed by atoms with E-state index in [-0.39, 0.29) is 12.4 Å². The van der Waals surface area contributed by atoms with E-state index in [1.807, 2.05) is 18.8 Å². The van der Waals surface area contributed by atoms with E-state index >= 15 is 0 Å². The number of anilines is 1. The Balaban J connectivity index is 1.98. The molecule has 0 bridgehead atoms. The molecule has 1 aromatic carbocycles. The summed E-state index contributed by atoms with van der Waals surface area (Å²) in [6.45, 7) is 4.58. The number of carbonyl (C=O) groups excluding carboxylic acids is 3. The van der Waals surface area contributed by atoms with Crippen LogP contribution in [0.3, 0.4) is 0 Å². The number of H-pyrrole nitrogens is 1. The van der Waals surface area contributed by atoms with Gasteiger partial charge in [-0.2, -0.15) is 0 Å². The van der Waals surface area contributed by atoms with E-state index in [0.29, 0.717) is 12.0 Å². The fraction of sp³-hybridized carbons (Fsp3) is 0.350. The number of Topliss-reactive ketones (excluding diaryl/α,β-unsaturated/α-hetero) is 1. The Hall–Kier alpha value is -3.69. The fourth-order valence-corrected chi connectivity index (χ4v) is 2.71. The molecule has 30 heavy (non-hydrogen) atoms. The van der Waals surface area contributed by atoms with Crippen LogP contribution in [0.15, 0.2) is 27.8 Å². The molecule has 0 unspecified atom stereocenters. The van der Waals surface area contributed by atoms with Gasteiger partial charge >= 0.3 is 11.7 Å². The van der Waals surface area contributed by atoms with E-state index < -0.39 is 47.6 Å². The van der Waals surface area contributed by atoms with Crippen LogP contribution in [0, 0.1) is 13.8 Å². The maximum Gasteiger partial charge on any atom is 0.329 e. The topological polar surface area (TPSA) is 153 Å². The Kier molecular flexibility index (Phi) is 7.29. The maximum absolute atomic E-state index is 12.3. The first-order chi connectivity index (χ1) is 14.1. The Morgan fingerprint density at radius 1 is 1.17 bits per heavy atom. The number of ketones is 1. The molecular weight excluding hydrogens is 392 g/mol. The van der Waals surface area contributed by atoms with Gasteiger partial charge in [-0.3, -0.25) is 28.7 Å². The molecule has 0 atom stereocenters. The van der Waals surface area contributed by atoms with Gasteiger partial charge in [0.25, 0.3) is 11.5 Å². The quantitative estimate of drug-likeness (QED) is 0.413. The predicted molar refractivity (Wildman–Crippen MR) is 110 cm³/mol. The third-order valence-electron chi connectivity index (χ3n) is 4.49. The minimum atomic E-state index is -0.950. The van der Waals surface area contributed by atoms with Crippen LogP contribution in [0.25, 0.3) is 0 Å². The molecule has 0 aliphatic rings. The van der Waals surface area contributed by atoms with E-state index in [0.717, 1.165) is 15.7 Å². The number of aromatic nitrogens is 2. The number of carbonyl (C=O) groups is 3. The molecule has 2 aromatic rings. The minimum absolute atomic E-state index is 0.214. The molecule has 0 aliphatic carbocycles. The molecule has 1 amide bonds. The van der Waals surface area contributed by atoms with Crippen LogP contribution in [0.1, 0.15) is 45.2 Å². The summed E-state index contributed by atoms with van der Waals surface area (Å²) in [6, 6.07) is 5.12. The average molecular weight is 416 g/mol. The zero-order valence-corrected chi connectivity index (χ0v) is 17.0. The Morgan fingerprint density at radius 3 is 2.50 bits per heavy atom. The zero-order chi connectivity index (χ0) is 22.4. The summed E-state index contributed by atoms with van der Waals surface area (Å²) in [4.78, 5) is 62.1. The number of nitrogens with two attached hydrogens (primary N) is 1. The van der Waals surface area contributed by atoms with Gasteiger partial charge in [-0.25, -0.2) is 4.79 Å². The maximum atomic E-state index is 12.3. The molecule has 0 spiro atoms. The SMILES string of the molecule is CCCn1c(N)c(C(=O)COC(=O)CNC(=O)c2ccc(C)c(C)c2)c(=O)[nH]c1=O. The Bertz CT molecular complexity index is 1100.